The molecule has 17 heavy (non-hydrogen) atoms. The van der Waals surface area contributed by atoms with Crippen molar-refractivity contribution in [1.29, 1.82) is 0 Å². The highest BCUT2D eigenvalue weighted by atomic mass is 16.3. The molecule has 0 aliphatic rings. The lowest BCUT2D eigenvalue weighted by Crippen LogP contribution is -2.28. The van der Waals surface area contributed by atoms with Gasteiger partial charge >= 0.3 is 0 Å². The van der Waals surface area contributed by atoms with Gasteiger partial charge in [0.05, 0.1) is 11.8 Å². The maximum Gasteiger partial charge on any atom is 0.152 e. The van der Waals surface area contributed by atoms with Crippen molar-refractivity contribution in [2.24, 2.45) is 5.92 Å². The molecular weight excluding hydrogens is 214 g/mol. The Kier molecular flexibility index (Phi) is 3.20. The third kappa shape index (κ3) is 3.07. The summed E-state index contributed by atoms with van der Waals surface area (Å²) in [5, 5.41) is 11.3. The van der Waals surface area contributed by atoms with Crippen LogP contribution in [0, 0.1) is 5.92 Å². The smallest absolute Gasteiger partial charge is 0.152 e. The molecule has 2 aromatic rings. The Morgan fingerprint density at radius 2 is 2.24 bits per heavy atom. The fourth-order valence-electron chi connectivity index (χ4n) is 2.35. The van der Waals surface area contributed by atoms with E-state index in [1.54, 1.807) is 12.4 Å². The van der Waals surface area contributed by atoms with E-state index >= 15 is 0 Å². The Balaban J connectivity index is 2.18. The molecule has 3 heteroatoms. The molecule has 0 aromatic carbocycles. The van der Waals surface area contributed by atoms with Crippen LogP contribution in [0.5, 0.6) is 0 Å². The first-order valence-corrected chi connectivity index (χ1v) is 6.01. The summed E-state index contributed by atoms with van der Waals surface area (Å²) in [6.07, 6.45) is 4.76. The van der Waals surface area contributed by atoms with Gasteiger partial charge in [-0.3, -0.25) is 4.98 Å². The van der Waals surface area contributed by atoms with E-state index in [0.29, 0.717) is 12.3 Å². The van der Waals surface area contributed by atoms with E-state index in [9.17, 15) is 5.11 Å². The minimum absolute atomic E-state index is 0.469. The van der Waals surface area contributed by atoms with Crippen LogP contribution in [-0.4, -0.2) is 15.7 Å². The van der Waals surface area contributed by atoms with E-state index in [2.05, 4.69) is 18.8 Å². The summed E-state index contributed by atoms with van der Waals surface area (Å²) in [5.41, 5.74) is 0.0676. The quantitative estimate of drug-likeness (QED) is 0.882. The van der Waals surface area contributed by atoms with Gasteiger partial charge in [-0.05, 0) is 31.4 Å². The normalized spacial score (nSPS) is 15.4. The number of hydrogen-bond acceptors (Lipinski definition) is 3. The Hall–Kier alpha value is -1.35. The van der Waals surface area contributed by atoms with Crippen molar-refractivity contribution in [1.82, 2.24) is 4.98 Å². The van der Waals surface area contributed by atoms with Crippen molar-refractivity contribution >= 4 is 11.0 Å². The largest absolute Gasteiger partial charge is 0.459 e. The average Bonchev–Trinajstić information content (AvgIpc) is 2.55. The Morgan fingerprint density at radius 3 is 2.88 bits per heavy atom. The molecular formula is C14H19NO2. The predicted molar refractivity (Wildman–Crippen MR) is 67.8 cm³/mol. The van der Waals surface area contributed by atoms with Crippen molar-refractivity contribution in [3.05, 3.63) is 30.3 Å². The van der Waals surface area contributed by atoms with E-state index in [1.165, 1.54) is 0 Å². The number of nitrogens with zero attached hydrogens (tertiary/aromatic N) is 1. The molecule has 0 spiro atoms. The number of aliphatic hydroxyl groups is 1. The molecule has 0 bridgehead atoms. The van der Waals surface area contributed by atoms with Crippen molar-refractivity contribution < 1.29 is 9.52 Å². The van der Waals surface area contributed by atoms with Gasteiger partial charge in [-0.2, -0.15) is 0 Å². The summed E-state index contributed by atoms with van der Waals surface area (Å²) in [7, 11) is 0. The number of fused-ring (bicyclic) bond motifs is 1. The lowest BCUT2D eigenvalue weighted by Gasteiger charge is -2.24. The zero-order valence-electron chi connectivity index (χ0n) is 10.6. The highest BCUT2D eigenvalue weighted by molar-refractivity contribution is 5.76. The molecule has 2 heterocycles. The Labute approximate surface area is 101 Å². The molecule has 2 rings (SSSR count). The number of rotatable bonds is 4. The topological polar surface area (TPSA) is 46.3 Å². The Bertz CT molecular complexity index is 467. The van der Waals surface area contributed by atoms with E-state index < -0.39 is 5.60 Å². The van der Waals surface area contributed by atoms with Crippen LogP contribution >= 0.6 is 0 Å². The van der Waals surface area contributed by atoms with Gasteiger partial charge in [-0.1, -0.05) is 13.8 Å². The van der Waals surface area contributed by atoms with Gasteiger partial charge in [0.15, 0.2) is 5.58 Å². The average molecular weight is 233 g/mol. The van der Waals surface area contributed by atoms with E-state index in [0.717, 1.165) is 23.2 Å². The van der Waals surface area contributed by atoms with Crippen LogP contribution in [-0.2, 0) is 6.42 Å². The van der Waals surface area contributed by atoms with E-state index in [4.69, 9.17) is 4.42 Å². The van der Waals surface area contributed by atoms with Gasteiger partial charge in [0.1, 0.15) is 5.76 Å². The first-order chi connectivity index (χ1) is 7.96. The van der Waals surface area contributed by atoms with E-state index in [1.807, 2.05) is 19.1 Å². The summed E-state index contributed by atoms with van der Waals surface area (Å²) in [6, 6.07) is 3.89. The molecule has 0 aliphatic heterocycles. The van der Waals surface area contributed by atoms with E-state index in [-0.39, 0.29) is 0 Å². The molecule has 0 fully saturated rings. The monoisotopic (exact) mass is 233 g/mol. The van der Waals surface area contributed by atoms with Crippen LogP contribution in [0.4, 0.5) is 0 Å². The molecule has 92 valence electrons. The van der Waals surface area contributed by atoms with Gasteiger partial charge in [-0.25, -0.2) is 0 Å². The fourth-order valence-corrected chi connectivity index (χ4v) is 2.35. The molecule has 1 unspecified atom stereocenters. The van der Waals surface area contributed by atoms with Crippen molar-refractivity contribution in [3.63, 3.8) is 0 Å². The molecule has 0 saturated carbocycles. The van der Waals surface area contributed by atoms with Crippen LogP contribution in [0.2, 0.25) is 0 Å². The maximum absolute atomic E-state index is 10.3. The van der Waals surface area contributed by atoms with Crippen LogP contribution in [0.1, 0.15) is 33.0 Å². The molecule has 0 amide bonds. The standard InChI is InChI=1S/C14H19NO2/c1-10(2)7-14(3,16)8-12-6-11-4-5-15-9-13(11)17-12/h4-6,9-10,16H,7-8H2,1-3H3. The molecule has 1 N–H and O–H groups in total. The maximum atomic E-state index is 10.3. The predicted octanol–water partition coefficient (Wildman–Crippen LogP) is 3.17. The van der Waals surface area contributed by atoms with Crippen molar-refractivity contribution in [2.75, 3.05) is 0 Å². The summed E-state index contributed by atoms with van der Waals surface area (Å²) in [4.78, 5) is 4.01. The second kappa shape index (κ2) is 4.49. The van der Waals surface area contributed by atoms with Gasteiger partial charge in [-0.15, -0.1) is 0 Å². The van der Waals surface area contributed by atoms with Crippen molar-refractivity contribution in [2.45, 2.75) is 39.2 Å². The summed E-state index contributed by atoms with van der Waals surface area (Å²) < 4.78 is 5.66. The third-order valence-electron chi connectivity index (χ3n) is 2.78. The van der Waals surface area contributed by atoms with Gasteiger partial charge in [0.2, 0.25) is 0 Å². The van der Waals surface area contributed by atoms with Crippen molar-refractivity contribution in [3.8, 4) is 0 Å². The van der Waals surface area contributed by atoms with Crippen LogP contribution < -0.4 is 0 Å². The first kappa shape index (κ1) is 12.1. The summed E-state index contributed by atoms with van der Waals surface area (Å²) in [6.45, 7) is 6.08. The zero-order valence-corrected chi connectivity index (χ0v) is 10.6. The lowest BCUT2D eigenvalue weighted by molar-refractivity contribution is 0.0344. The molecule has 0 radical (unpaired) electrons. The van der Waals surface area contributed by atoms with Crippen LogP contribution in [0.15, 0.2) is 28.9 Å². The highest BCUT2D eigenvalue weighted by Gasteiger charge is 2.24. The molecule has 0 aliphatic carbocycles. The highest BCUT2D eigenvalue weighted by Crippen LogP contribution is 2.25. The van der Waals surface area contributed by atoms with Crippen LogP contribution in [0.3, 0.4) is 0 Å². The second-order valence-corrected chi connectivity index (χ2v) is 5.40. The number of aromatic nitrogens is 1. The lowest BCUT2D eigenvalue weighted by atomic mass is 9.90. The Morgan fingerprint density at radius 1 is 1.47 bits per heavy atom. The number of hydrogen-bond donors (Lipinski definition) is 1. The third-order valence-corrected chi connectivity index (χ3v) is 2.78. The minimum atomic E-state index is -0.713. The first-order valence-electron chi connectivity index (χ1n) is 6.01. The number of pyridine rings is 1. The van der Waals surface area contributed by atoms with Gasteiger partial charge in [0.25, 0.3) is 0 Å². The number of furan rings is 1. The fraction of sp³-hybridized carbons (Fsp3) is 0.500. The summed E-state index contributed by atoms with van der Waals surface area (Å²) >= 11 is 0. The zero-order chi connectivity index (χ0) is 12.5. The molecule has 0 saturated heterocycles. The summed E-state index contributed by atoms with van der Waals surface area (Å²) in [5.74, 6) is 1.29. The molecule has 3 nitrogen and oxygen atoms in total. The van der Waals surface area contributed by atoms with Gasteiger partial charge in [0, 0.05) is 18.0 Å². The minimum Gasteiger partial charge on any atom is -0.459 e. The second-order valence-electron chi connectivity index (χ2n) is 5.40. The molecule has 2 aromatic heterocycles. The van der Waals surface area contributed by atoms with Crippen LogP contribution in [0.25, 0.3) is 11.0 Å². The van der Waals surface area contributed by atoms with Gasteiger partial charge < -0.3 is 9.52 Å². The SMILES string of the molecule is CC(C)CC(C)(O)Cc1cc2ccncc2o1. The molecule has 1 atom stereocenters.